The van der Waals surface area contributed by atoms with Crippen LogP contribution in [-0.2, 0) is 4.79 Å². The number of piperidine rings is 2. The second-order valence-electron chi connectivity index (χ2n) is 8.55. The van der Waals surface area contributed by atoms with Crippen LogP contribution in [0.5, 0.6) is 0 Å². The van der Waals surface area contributed by atoms with Gasteiger partial charge in [-0.2, -0.15) is 0 Å². The number of nitrogens with one attached hydrogen (secondary N) is 2. The van der Waals surface area contributed by atoms with E-state index in [2.05, 4.69) is 36.3 Å². The number of carbonyl (C=O) groups is 1. The minimum absolute atomic E-state index is 0.244. The zero-order valence-corrected chi connectivity index (χ0v) is 16.2. The molecular formula is C20H39N3O. The third kappa shape index (κ3) is 7.10. The van der Waals surface area contributed by atoms with Crippen molar-refractivity contribution in [1.82, 2.24) is 15.5 Å². The highest BCUT2D eigenvalue weighted by Gasteiger charge is 2.22. The minimum Gasteiger partial charge on any atom is -0.356 e. The maximum Gasteiger partial charge on any atom is 0.220 e. The lowest BCUT2D eigenvalue weighted by molar-refractivity contribution is -0.122. The summed E-state index contributed by atoms with van der Waals surface area (Å²) < 4.78 is 0. The van der Waals surface area contributed by atoms with E-state index in [4.69, 9.17) is 0 Å². The Kier molecular flexibility index (Phi) is 8.54. The van der Waals surface area contributed by atoms with Crippen molar-refractivity contribution in [2.24, 2.45) is 23.7 Å². The second-order valence-corrected chi connectivity index (χ2v) is 8.55. The summed E-state index contributed by atoms with van der Waals surface area (Å²) in [6.07, 6.45) is 6.89. The van der Waals surface area contributed by atoms with Gasteiger partial charge in [0.1, 0.15) is 0 Å². The molecule has 140 valence electrons. The van der Waals surface area contributed by atoms with E-state index < -0.39 is 0 Å². The van der Waals surface area contributed by atoms with E-state index in [0.29, 0.717) is 18.3 Å². The largest absolute Gasteiger partial charge is 0.356 e. The molecule has 0 radical (unpaired) electrons. The molecule has 0 aliphatic carbocycles. The van der Waals surface area contributed by atoms with Gasteiger partial charge in [-0.15, -0.1) is 0 Å². The number of amides is 1. The van der Waals surface area contributed by atoms with Gasteiger partial charge in [0.05, 0.1) is 0 Å². The number of rotatable bonds is 8. The first-order valence-electron chi connectivity index (χ1n) is 10.2. The number of nitrogens with zero attached hydrogens (tertiary/aromatic N) is 1. The topological polar surface area (TPSA) is 44.4 Å². The summed E-state index contributed by atoms with van der Waals surface area (Å²) in [5.41, 5.74) is 0. The van der Waals surface area contributed by atoms with Crippen molar-refractivity contribution in [2.45, 2.75) is 59.3 Å². The van der Waals surface area contributed by atoms with E-state index in [-0.39, 0.29) is 5.91 Å². The van der Waals surface area contributed by atoms with Crippen molar-refractivity contribution in [2.75, 3.05) is 39.3 Å². The summed E-state index contributed by atoms with van der Waals surface area (Å²) in [6, 6.07) is 0. The minimum atomic E-state index is 0.244. The maximum atomic E-state index is 12.1. The molecule has 0 aromatic heterocycles. The summed E-state index contributed by atoms with van der Waals surface area (Å²) >= 11 is 0. The summed E-state index contributed by atoms with van der Waals surface area (Å²) in [5, 5.41) is 6.58. The first-order valence-corrected chi connectivity index (χ1v) is 10.2. The second kappa shape index (κ2) is 10.4. The smallest absolute Gasteiger partial charge is 0.220 e. The molecule has 0 aromatic carbocycles. The standard InChI is InChI=1S/C20H39N3O/c1-16-11-17(2)15-23(14-16)10-5-4-9-22-20(24)12-18(3)19-7-6-8-21-13-19/h16-19,21H,4-15H2,1-3H3,(H,22,24). The fourth-order valence-corrected chi connectivity index (χ4v) is 4.56. The van der Waals surface area contributed by atoms with Gasteiger partial charge in [0.15, 0.2) is 0 Å². The summed E-state index contributed by atoms with van der Waals surface area (Å²) in [6.45, 7) is 13.7. The molecule has 4 nitrogen and oxygen atoms in total. The molecule has 2 saturated heterocycles. The molecule has 0 aromatic rings. The number of carbonyl (C=O) groups excluding carboxylic acids is 1. The SMILES string of the molecule is CC1CC(C)CN(CCCCNC(=O)CC(C)C2CCCNC2)C1. The molecule has 4 unspecified atom stereocenters. The van der Waals surface area contributed by atoms with Crippen molar-refractivity contribution in [3.8, 4) is 0 Å². The predicted octanol–water partition coefficient (Wildman–Crippen LogP) is 2.89. The van der Waals surface area contributed by atoms with Crippen LogP contribution >= 0.6 is 0 Å². The molecule has 1 amide bonds. The Morgan fingerprint density at radius 1 is 1.25 bits per heavy atom. The molecule has 2 heterocycles. The van der Waals surface area contributed by atoms with Gasteiger partial charge in [0, 0.05) is 26.1 Å². The number of unbranched alkanes of at least 4 members (excludes halogenated alkanes) is 1. The van der Waals surface area contributed by atoms with Crippen molar-refractivity contribution in [3.63, 3.8) is 0 Å². The van der Waals surface area contributed by atoms with Gasteiger partial charge in [-0.1, -0.05) is 20.8 Å². The first-order chi connectivity index (χ1) is 11.5. The van der Waals surface area contributed by atoms with Crippen molar-refractivity contribution in [3.05, 3.63) is 0 Å². The Labute approximate surface area is 149 Å². The molecule has 0 bridgehead atoms. The quantitative estimate of drug-likeness (QED) is 0.670. The molecule has 2 rings (SSSR count). The Morgan fingerprint density at radius 2 is 2.00 bits per heavy atom. The van der Waals surface area contributed by atoms with Crippen LogP contribution in [0.4, 0.5) is 0 Å². The maximum absolute atomic E-state index is 12.1. The summed E-state index contributed by atoms with van der Waals surface area (Å²) in [4.78, 5) is 14.7. The van der Waals surface area contributed by atoms with Crippen LogP contribution in [0.3, 0.4) is 0 Å². The Bertz CT molecular complexity index is 358. The van der Waals surface area contributed by atoms with E-state index >= 15 is 0 Å². The average molecular weight is 338 g/mol. The van der Waals surface area contributed by atoms with Crippen LogP contribution in [-0.4, -0.2) is 50.1 Å². The average Bonchev–Trinajstić information content (AvgIpc) is 2.54. The fraction of sp³-hybridized carbons (Fsp3) is 0.950. The molecule has 2 N–H and O–H groups in total. The number of likely N-dealkylation sites (tertiary alicyclic amines) is 1. The number of hydrogen-bond acceptors (Lipinski definition) is 3. The van der Waals surface area contributed by atoms with Crippen LogP contribution in [0, 0.1) is 23.7 Å². The third-order valence-corrected chi connectivity index (χ3v) is 5.81. The predicted molar refractivity (Wildman–Crippen MR) is 101 cm³/mol. The van der Waals surface area contributed by atoms with Crippen molar-refractivity contribution < 1.29 is 4.79 Å². The molecule has 0 saturated carbocycles. The van der Waals surface area contributed by atoms with E-state index in [9.17, 15) is 4.79 Å². The molecule has 4 atom stereocenters. The lowest BCUT2D eigenvalue weighted by Gasteiger charge is -2.34. The Balaban J connectivity index is 1.51. The zero-order valence-electron chi connectivity index (χ0n) is 16.2. The first kappa shape index (κ1) is 19.7. The van der Waals surface area contributed by atoms with Gasteiger partial charge in [-0.3, -0.25) is 4.79 Å². The Hall–Kier alpha value is -0.610. The van der Waals surface area contributed by atoms with Gasteiger partial charge in [0.2, 0.25) is 5.91 Å². The summed E-state index contributed by atoms with van der Waals surface area (Å²) in [7, 11) is 0. The molecular weight excluding hydrogens is 298 g/mol. The zero-order chi connectivity index (χ0) is 17.4. The van der Waals surface area contributed by atoms with Gasteiger partial charge in [-0.25, -0.2) is 0 Å². The van der Waals surface area contributed by atoms with Gasteiger partial charge >= 0.3 is 0 Å². The highest BCUT2D eigenvalue weighted by atomic mass is 16.1. The number of hydrogen-bond donors (Lipinski definition) is 2. The Morgan fingerprint density at radius 3 is 2.67 bits per heavy atom. The summed E-state index contributed by atoms with van der Waals surface area (Å²) in [5.74, 6) is 3.09. The molecule has 2 aliphatic heterocycles. The highest BCUT2D eigenvalue weighted by Crippen LogP contribution is 2.22. The van der Waals surface area contributed by atoms with Crippen molar-refractivity contribution in [1.29, 1.82) is 0 Å². The lowest BCUT2D eigenvalue weighted by Crippen LogP contribution is -2.39. The third-order valence-electron chi connectivity index (χ3n) is 5.81. The fourth-order valence-electron chi connectivity index (χ4n) is 4.56. The molecule has 2 fully saturated rings. The van der Waals surface area contributed by atoms with Crippen LogP contribution < -0.4 is 10.6 Å². The van der Waals surface area contributed by atoms with Crippen molar-refractivity contribution >= 4 is 5.91 Å². The van der Waals surface area contributed by atoms with Crippen LogP contribution in [0.25, 0.3) is 0 Å². The monoisotopic (exact) mass is 337 g/mol. The molecule has 24 heavy (non-hydrogen) atoms. The van der Waals surface area contributed by atoms with Crippen LogP contribution in [0.1, 0.15) is 59.3 Å². The van der Waals surface area contributed by atoms with Gasteiger partial charge < -0.3 is 15.5 Å². The van der Waals surface area contributed by atoms with Crippen LogP contribution in [0.15, 0.2) is 0 Å². The highest BCUT2D eigenvalue weighted by molar-refractivity contribution is 5.76. The molecule has 2 aliphatic rings. The van der Waals surface area contributed by atoms with E-state index in [1.807, 2.05) is 0 Å². The van der Waals surface area contributed by atoms with Gasteiger partial charge in [-0.05, 0) is 75.4 Å². The van der Waals surface area contributed by atoms with E-state index in [1.165, 1.54) is 45.3 Å². The van der Waals surface area contributed by atoms with Crippen LogP contribution in [0.2, 0.25) is 0 Å². The van der Waals surface area contributed by atoms with E-state index in [0.717, 1.165) is 37.9 Å². The lowest BCUT2D eigenvalue weighted by atomic mass is 9.85. The normalized spacial score (nSPS) is 30.0. The van der Waals surface area contributed by atoms with E-state index in [1.54, 1.807) is 0 Å². The molecule has 4 heteroatoms. The van der Waals surface area contributed by atoms with Gasteiger partial charge in [0.25, 0.3) is 0 Å². The molecule has 0 spiro atoms.